The van der Waals surface area contributed by atoms with Crippen LogP contribution < -0.4 is 5.32 Å². The van der Waals surface area contributed by atoms with Crippen LogP contribution in [0.1, 0.15) is 31.9 Å². The maximum atomic E-state index is 9.84. The molecule has 3 heteroatoms. The van der Waals surface area contributed by atoms with Gasteiger partial charge in [0.05, 0.1) is 6.10 Å². The van der Waals surface area contributed by atoms with Gasteiger partial charge in [0.1, 0.15) is 0 Å². The molecule has 0 aliphatic heterocycles. The molecule has 0 saturated heterocycles. The summed E-state index contributed by atoms with van der Waals surface area (Å²) < 4.78 is 0. The molecule has 2 nitrogen and oxygen atoms in total. The zero-order valence-electron chi connectivity index (χ0n) is 9.20. The molecule has 1 aromatic carbocycles. The Hall–Kier alpha value is -0.570. The highest BCUT2D eigenvalue weighted by molar-refractivity contribution is 6.30. The van der Waals surface area contributed by atoms with Crippen molar-refractivity contribution >= 4 is 11.6 Å². The van der Waals surface area contributed by atoms with Crippen LogP contribution in [0.5, 0.6) is 0 Å². The van der Waals surface area contributed by atoms with Gasteiger partial charge in [-0.25, -0.2) is 0 Å². The van der Waals surface area contributed by atoms with Crippen LogP contribution in [0.3, 0.4) is 0 Å². The topological polar surface area (TPSA) is 32.3 Å². The Bertz CT molecular complexity index is 284. The van der Waals surface area contributed by atoms with Crippen molar-refractivity contribution in [3.8, 4) is 0 Å². The summed E-state index contributed by atoms with van der Waals surface area (Å²) in [6.45, 7) is 5.00. The van der Waals surface area contributed by atoms with Crippen LogP contribution in [0, 0.1) is 0 Å². The molecule has 0 bridgehead atoms. The van der Waals surface area contributed by atoms with Gasteiger partial charge in [-0.05, 0) is 30.7 Å². The second-order valence-electron chi connectivity index (χ2n) is 3.96. The molecule has 84 valence electrons. The predicted octanol–water partition coefficient (Wildman–Crippen LogP) is 2.76. The number of halogens is 1. The van der Waals surface area contributed by atoms with E-state index < -0.39 is 6.10 Å². The van der Waals surface area contributed by atoms with Crippen molar-refractivity contribution in [1.82, 2.24) is 5.32 Å². The lowest BCUT2D eigenvalue weighted by molar-refractivity contribution is 0.166. The third-order valence-electron chi connectivity index (χ3n) is 2.23. The molecular weight excluding hydrogens is 210 g/mol. The van der Waals surface area contributed by atoms with Crippen molar-refractivity contribution in [3.05, 3.63) is 34.9 Å². The van der Waals surface area contributed by atoms with Crippen LogP contribution >= 0.6 is 11.6 Å². The third kappa shape index (κ3) is 4.65. The van der Waals surface area contributed by atoms with E-state index in [1.807, 2.05) is 12.1 Å². The smallest absolute Gasteiger partial charge is 0.0802 e. The number of benzene rings is 1. The van der Waals surface area contributed by atoms with E-state index in [1.54, 1.807) is 12.1 Å². The number of hydrogen-bond acceptors (Lipinski definition) is 2. The van der Waals surface area contributed by atoms with E-state index in [2.05, 4.69) is 19.2 Å². The van der Waals surface area contributed by atoms with Crippen LogP contribution in [0.2, 0.25) is 5.02 Å². The number of aliphatic hydroxyl groups is 1. The first-order valence-corrected chi connectivity index (χ1v) is 5.64. The highest BCUT2D eigenvalue weighted by Crippen LogP contribution is 2.18. The average molecular weight is 228 g/mol. The van der Waals surface area contributed by atoms with Crippen LogP contribution in [-0.2, 0) is 0 Å². The van der Waals surface area contributed by atoms with Gasteiger partial charge in [0.15, 0.2) is 0 Å². The highest BCUT2D eigenvalue weighted by Gasteiger charge is 2.06. The Balaban J connectivity index is 2.40. The number of nitrogens with one attached hydrogen (secondary N) is 1. The zero-order valence-corrected chi connectivity index (χ0v) is 9.96. The zero-order chi connectivity index (χ0) is 11.3. The summed E-state index contributed by atoms with van der Waals surface area (Å²) in [6, 6.07) is 7.79. The molecule has 1 aromatic rings. The van der Waals surface area contributed by atoms with E-state index in [4.69, 9.17) is 11.6 Å². The molecule has 0 aliphatic carbocycles. The minimum Gasteiger partial charge on any atom is -0.388 e. The molecule has 1 unspecified atom stereocenters. The third-order valence-corrected chi connectivity index (χ3v) is 2.48. The number of hydrogen-bond donors (Lipinski definition) is 2. The van der Waals surface area contributed by atoms with Crippen molar-refractivity contribution in [2.75, 3.05) is 6.54 Å². The fourth-order valence-corrected chi connectivity index (χ4v) is 1.49. The van der Waals surface area contributed by atoms with E-state index in [0.717, 1.165) is 18.5 Å². The minimum atomic E-state index is -0.409. The van der Waals surface area contributed by atoms with Gasteiger partial charge in [0.25, 0.3) is 0 Å². The van der Waals surface area contributed by atoms with Gasteiger partial charge < -0.3 is 10.4 Å². The van der Waals surface area contributed by atoms with Crippen LogP contribution in [0.25, 0.3) is 0 Å². The summed E-state index contributed by atoms with van der Waals surface area (Å²) in [4.78, 5) is 0. The fourth-order valence-electron chi connectivity index (χ4n) is 1.36. The Morgan fingerprint density at radius 2 is 1.87 bits per heavy atom. The van der Waals surface area contributed by atoms with Gasteiger partial charge in [-0.3, -0.25) is 0 Å². The first-order valence-electron chi connectivity index (χ1n) is 5.26. The monoisotopic (exact) mass is 227 g/mol. The predicted molar refractivity (Wildman–Crippen MR) is 64.2 cm³/mol. The van der Waals surface area contributed by atoms with E-state index >= 15 is 0 Å². The first kappa shape index (κ1) is 12.5. The van der Waals surface area contributed by atoms with E-state index in [-0.39, 0.29) is 0 Å². The molecular formula is C12H18ClNO. The van der Waals surface area contributed by atoms with Crippen LogP contribution in [-0.4, -0.2) is 17.7 Å². The Morgan fingerprint density at radius 1 is 1.27 bits per heavy atom. The molecule has 2 N–H and O–H groups in total. The second kappa shape index (κ2) is 6.11. The molecule has 1 rings (SSSR count). The molecule has 0 radical (unpaired) electrons. The number of rotatable bonds is 5. The molecule has 0 amide bonds. The maximum Gasteiger partial charge on any atom is 0.0802 e. The summed E-state index contributed by atoms with van der Waals surface area (Å²) in [5.41, 5.74) is 0.921. The van der Waals surface area contributed by atoms with Gasteiger partial charge in [0, 0.05) is 11.1 Å². The molecule has 0 heterocycles. The Labute approximate surface area is 96.3 Å². The van der Waals surface area contributed by atoms with E-state index in [9.17, 15) is 5.11 Å². The molecule has 0 fully saturated rings. The molecule has 1 atom stereocenters. The Kier molecular flexibility index (Phi) is 5.09. The average Bonchev–Trinajstić information content (AvgIpc) is 2.18. The lowest BCUT2D eigenvalue weighted by atomic mass is 10.1. The van der Waals surface area contributed by atoms with Gasteiger partial charge in [-0.1, -0.05) is 37.6 Å². The molecule has 15 heavy (non-hydrogen) atoms. The largest absolute Gasteiger partial charge is 0.388 e. The van der Waals surface area contributed by atoms with E-state index in [1.165, 1.54) is 0 Å². The fraction of sp³-hybridized carbons (Fsp3) is 0.500. The summed E-state index contributed by atoms with van der Waals surface area (Å²) in [5.74, 6) is 0. The van der Waals surface area contributed by atoms with Crippen molar-refractivity contribution in [2.24, 2.45) is 0 Å². The van der Waals surface area contributed by atoms with Crippen LogP contribution in [0.15, 0.2) is 24.3 Å². The second-order valence-corrected chi connectivity index (χ2v) is 4.40. The van der Waals surface area contributed by atoms with Gasteiger partial charge in [-0.2, -0.15) is 0 Å². The standard InChI is InChI=1S/C12H18ClNO/c1-9(2)14-8-7-12(15)10-3-5-11(13)6-4-10/h3-6,9,12,14-15H,7-8H2,1-2H3. The molecule has 0 aliphatic rings. The highest BCUT2D eigenvalue weighted by atomic mass is 35.5. The van der Waals surface area contributed by atoms with Crippen molar-refractivity contribution in [1.29, 1.82) is 0 Å². The normalized spacial score (nSPS) is 13.1. The molecule has 0 aromatic heterocycles. The Morgan fingerprint density at radius 3 is 2.40 bits per heavy atom. The summed E-state index contributed by atoms with van der Waals surface area (Å²) >= 11 is 5.77. The quantitative estimate of drug-likeness (QED) is 0.811. The van der Waals surface area contributed by atoms with E-state index in [0.29, 0.717) is 11.1 Å². The van der Waals surface area contributed by atoms with Crippen molar-refractivity contribution < 1.29 is 5.11 Å². The summed E-state index contributed by atoms with van der Waals surface area (Å²) in [7, 11) is 0. The SMILES string of the molecule is CC(C)NCCC(O)c1ccc(Cl)cc1. The van der Waals surface area contributed by atoms with Crippen LogP contribution in [0.4, 0.5) is 0 Å². The van der Waals surface area contributed by atoms with Crippen molar-refractivity contribution in [2.45, 2.75) is 32.4 Å². The molecule has 0 saturated carbocycles. The maximum absolute atomic E-state index is 9.84. The van der Waals surface area contributed by atoms with Gasteiger partial charge >= 0.3 is 0 Å². The lowest BCUT2D eigenvalue weighted by Crippen LogP contribution is -2.24. The summed E-state index contributed by atoms with van der Waals surface area (Å²) in [6.07, 6.45) is 0.313. The minimum absolute atomic E-state index is 0.409. The van der Waals surface area contributed by atoms with Gasteiger partial charge in [0.2, 0.25) is 0 Å². The summed E-state index contributed by atoms with van der Waals surface area (Å²) in [5, 5.41) is 13.8. The van der Waals surface area contributed by atoms with Gasteiger partial charge in [-0.15, -0.1) is 0 Å². The first-order chi connectivity index (χ1) is 7.09. The molecule has 0 spiro atoms. The number of aliphatic hydroxyl groups excluding tert-OH is 1. The van der Waals surface area contributed by atoms with Crippen molar-refractivity contribution in [3.63, 3.8) is 0 Å². The lowest BCUT2D eigenvalue weighted by Gasteiger charge is -2.13.